The fraction of sp³-hybridized carbons (Fsp3) is 0.385. The quantitative estimate of drug-likeness (QED) is 0.508. The molecule has 0 atom stereocenters. The van der Waals surface area contributed by atoms with Crippen LogP contribution in [0.25, 0.3) is 0 Å². The van der Waals surface area contributed by atoms with Gasteiger partial charge in [0.05, 0.1) is 6.54 Å². The number of benzene rings is 1. The van der Waals surface area contributed by atoms with Gasteiger partial charge in [-0.3, -0.25) is 25.3 Å². The van der Waals surface area contributed by atoms with Gasteiger partial charge in [0.25, 0.3) is 5.91 Å². The molecule has 6 heteroatoms. The molecule has 1 aliphatic rings. The SMILES string of the molecule is CC(=O)NNC(=O)CN1CCc2c(N)cccc2C1. The third kappa shape index (κ3) is 3.45. The second-order valence-corrected chi connectivity index (χ2v) is 4.67. The van der Waals surface area contributed by atoms with Crippen LogP contribution in [0, 0.1) is 0 Å². The summed E-state index contributed by atoms with van der Waals surface area (Å²) in [5.74, 6) is -0.507. The molecule has 0 radical (unpaired) electrons. The lowest BCUT2D eigenvalue weighted by Crippen LogP contribution is -2.46. The van der Waals surface area contributed by atoms with E-state index in [-0.39, 0.29) is 18.4 Å². The van der Waals surface area contributed by atoms with Crippen LogP contribution in [-0.4, -0.2) is 29.8 Å². The van der Waals surface area contributed by atoms with Gasteiger partial charge in [0, 0.05) is 25.7 Å². The zero-order valence-corrected chi connectivity index (χ0v) is 10.9. The second-order valence-electron chi connectivity index (χ2n) is 4.67. The number of carbonyl (C=O) groups is 2. The Hall–Kier alpha value is -2.08. The molecule has 4 N–H and O–H groups in total. The summed E-state index contributed by atoms with van der Waals surface area (Å²) in [5, 5.41) is 0. The summed E-state index contributed by atoms with van der Waals surface area (Å²) in [7, 11) is 0. The number of hydrogen-bond acceptors (Lipinski definition) is 4. The Labute approximate surface area is 111 Å². The van der Waals surface area contributed by atoms with E-state index < -0.39 is 0 Å². The van der Waals surface area contributed by atoms with Crippen LogP contribution in [0.4, 0.5) is 5.69 Å². The molecule has 0 unspecified atom stereocenters. The predicted molar refractivity (Wildman–Crippen MR) is 71.8 cm³/mol. The molecule has 0 saturated heterocycles. The topological polar surface area (TPSA) is 87.5 Å². The number of hydrogen-bond donors (Lipinski definition) is 3. The number of amides is 2. The van der Waals surface area contributed by atoms with Crippen molar-refractivity contribution in [1.29, 1.82) is 0 Å². The van der Waals surface area contributed by atoms with E-state index in [0.29, 0.717) is 6.54 Å². The van der Waals surface area contributed by atoms with Crippen LogP contribution < -0.4 is 16.6 Å². The molecule has 6 nitrogen and oxygen atoms in total. The summed E-state index contributed by atoms with van der Waals surface area (Å²) >= 11 is 0. The molecule has 0 spiro atoms. The number of nitrogens with zero attached hydrogens (tertiary/aromatic N) is 1. The third-order valence-electron chi connectivity index (χ3n) is 3.13. The van der Waals surface area contributed by atoms with E-state index in [4.69, 9.17) is 5.73 Å². The summed E-state index contributed by atoms with van der Waals surface area (Å²) in [6.07, 6.45) is 0.843. The zero-order chi connectivity index (χ0) is 13.8. The minimum atomic E-state index is -0.287. The van der Waals surface area contributed by atoms with Crippen molar-refractivity contribution in [3.05, 3.63) is 29.3 Å². The number of nitrogens with one attached hydrogen (secondary N) is 2. The Bertz CT molecular complexity index is 501. The van der Waals surface area contributed by atoms with E-state index in [1.807, 2.05) is 23.1 Å². The van der Waals surface area contributed by atoms with E-state index >= 15 is 0 Å². The highest BCUT2D eigenvalue weighted by Gasteiger charge is 2.19. The highest BCUT2D eigenvalue weighted by atomic mass is 16.2. The Kier molecular flexibility index (Phi) is 4.01. The molecule has 2 amide bonds. The lowest BCUT2D eigenvalue weighted by molar-refractivity contribution is -0.128. The van der Waals surface area contributed by atoms with Crippen LogP contribution in [0.3, 0.4) is 0 Å². The lowest BCUT2D eigenvalue weighted by atomic mass is 9.98. The molecule has 1 aliphatic heterocycles. The molecule has 102 valence electrons. The van der Waals surface area contributed by atoms with Gasteiger partial charge < -0.3 is 5.73 Å². The first-order chi connectivity index (χ1) is 9.06. The standard InChI is InChI=1S/C13H18N4O2/c1-9(18)15-16-13(19)8-17-6-5-11-10(7-17)3-2-4-12(11)14/h2-4H,5-8,14H2,1H3,(H,15,18)(H,16,19). The first kappa shape index (κ1) is 13.4. The largest absolute Gasteiger partial charge is 0.398 e. The fourth-order valence-corrected chi connectivity index (χ4v) is 2.23. The molecule has 0 saturated carbocycles. The van der Waals surface area contributed by atoms with Gasteiger partial charge in [0.1, 0.15) is 0 Å². The van der Waals surface area contributed by atoms with E-state index in [0.717, 1.165) is 18.7 Å². The van der Waals surface area contributed by atoms with Crippen LogP contribution in [0.5, 0.6) is 0 Å². The first-order valence-corrected chi connectivity index (χ1v) is 6.20. The Morgan fingerprint density at radius 3 is 2.89 bits per heavy atom. The van der Waals surface area contributed by atoms with Crippen molar-refractivity contribution >= 4 is 17.5 Å². The van der Waals surface area contributed by atoms with Gasteiger partial charge in [-0.2, -0.15) is 0 Å². The fourth-order valence-electron chi connectivity index (χ4n) is 2.23. The predicted octanol–water partition coefficient (Wildman–Crippen LogP) is -0.206. The maximum atomic E-state index is 11.6. The summed E-state index contributed by atoms with van der Waals surface area (Å²) < 4.78 is 0. The number of carbonyl (C=O) groups excluding carboxylic acids is 2. The number of hydrazine groups is 1. The molecular formula is C13H18N4O2. The number of nitrogens with two attached hydrogens (primary N) is 1. The van der Waals surface area contributed by atoms with Crippen LogP contribution in [0.2, 0.25) is 0 Å². The molecule has 19 heavy (non-hydrogen) atoms. The summed E-state index contributed by atoms with van der Waals surface area (Å²) in [6, 6.07) is 5.86. The highest BCUT2D eigenvalue weighted by molar-refractivity contribution is 5.82. The van der Waals surface area contributed by atoms with E-state index in [1.165, 1.54) is 18.1 Å². The molecule has 0 bridgehead atoms. The van der Waals surface area contributed by atoms with Gasteiger partial charge in [-0.25, -0.2) is 0 Å². The maximum Gasteiger partial charge on any atom is 0.252 e. The van der Waals surface area contributed by atoms with Gasteiger partial charge in [0.2, 0.25) is 5.91 Å². The average Bonchev–Trinajstić information content (AvgIpc) is 2.36. The van der Waals surface area contributed by atoms with Crippen molar-refractivity contribution in [3.8, 4) is 0 Å². The Morgan fingerprint density at radius 1 is 1.37 bits per heavy atom. The third-order valence-corrected chi connectivity index (χ3v) is 3.13. The van der Waals surface area contributed by atoms with Crippen molar-refractivity contribution in [2.45, 2.75) is 19.9 Å². The smallest absolute Gasteiger partial charge is 0.252 e. The highest BCUT2D eigenvalue weighted by Crippen LogP contribution is 2.23. The molecular weight excluding hydrogens is 244 g/mol. The average molecular weight is 262 g/mol. The molecule has 2 rings (SSSR count). The Balaban J connectivity index is 1.91. The van der Waals surface area contributed by atoms with Crippen LogP contribution >= 0.6 is 0 Å². The number of rotatable bonds is 2. The summed E-state index contributed by atoms with van der Waals surface area (Å²) in [5.41, 5.74) is 13.7. The van der Waals surface area contributed by atoms with E-state index in [1.54, 1.807) is 0 Å². The number of fused-ring (bicyclic) bond motifs is 1. The molecule has 1 aromatic rings. The van der Waals surface area contributed by atoms with Gasteiger partial charge in [-0.05, 0) is 23.6 Å². The molecule has 1 aromatic carbocycles. The summed E-state index contributed by atoms with van der Waals surface area (Å²) in [6.45, 7) is 3.09. The maximum absolute atomic E-state index is 11.6. The Morgan fingerprint density at radius 2 is 2.16 bits per heavy atom. The van der Waals surface area contributed by atoms with Crippen LogP contribution in [-0.2, 0) is 22.6 Å². The van der Waals surface area contributed by atoms with Gasteiger partial charge >= 0.3 is 0 Å². The molecule has 0 fully saturated rings. The van der Waals surface area contributed by atoms with E-state index in [9.17, 15) is 9.59 Å². The minimum Gasteiger partial charge on any atom is -0.398 e. The number of anilines is 1. The first-order valence-electron chi connectivity index (χ1n) is 6.20. The molecule has 0 aliphatic carbocycles. The van der Waals surface area contributed by atoms with Crippen molar-refractivity contribution in [3.63, 3.8) is 0 Å². The van der Waals surface area contributed by atoms with Gasteiger partial charge in [0.15, 0.2) is 0 Å². The van der Waals surface area contributed by atoms with Crippen LogP contribution in [0.15, 0.2) is 18.2 Å². The minimum absolute atomic E-state index is 0.220. The summed E-state index contributed by atoms with van der Waals surface area (Å²) in [4.78, 5) is 24.3. The molecule has 1 heterocycles. The number of nitrogen functional groups attached to an aromatic ring is 1. The van der Waals surface area contributed by atoms with Crippen molar-refractivity contribution in [2.24, 2.45) is 0 Å². The van der Waals surface area contributed by atoms with Crippen molar-refractivity contribution in [2.75, 3.05) is 18.8 Å². The van der Waals surface area contributed by atoms with Gasteiger partial charge in [-0.1, -0.05) is 12.1 Å². The van der Waals surface area contributed by atoms with Crippen molar-refractivity contribution < 1.29 is 9.59 Å². The zero-order valence-electron chi connectivity index (χ0n) is 10.9. The van der Waals surface area contributed by atoms with Crippen LogP contribution in [0.1, 0.15) is 18.1 Å². The molecule has 0 aromatic heterocycles. The van der Waals surface area contributed by atoms with Crippen molar-refractivity contribution in [1.82, 2.24) is 15.8 Å². The monoisotopic (exact) mass is 262 g/mol. The second kappa shape index (κ2) is 5.71. The van der Waals surface area contributed by atoms with E-state index in [2.05, 4.69) is 10.9 Å². The normalized spacial score (nSPS) is 14.6. The lowest BCUT2D eigenvalue weighted by Gasteiger charge is -2.28. The van der Waals surface area contributed by atoms with Gasteiger partial charge in [-0.15, -0.1) is 0 Å².